The molecular formula is C15H13N2+. The average molecular weight is 221 g/mol. The van der Waals surface area contributed by atoms with Crippen molar-refractivity contribution in [3.63, 3.8) is 0 Å². The van der Waals surface area contributed by atoms with E-state index < -0.39 is 0 Å². The molecule has 0 saturated heterocycles. The van der Waals surface area contributed by atoms with Crippen LogP contribution in [0.5, 0.6) is 0 Å². The molecule has 0 amide bonds. The van der Waals surface area contributed by atoms with Crippen molar-refractivity contribution in [2.45, 2.75) is 18.0 Å². The van der Waals surface area contributed by atoms with Crippen LogP contribution in [0, 0.1) is 0 Å². The lowest BCUT2D eigenvalue weighted by Gasteiger charge is -2.12. The Morgan fingerprint density at radius 2 is 1.88 bits per heavy atom. The van der Waals surface area contributed by atoms with Crippen LogP contribution in [-0.2, 0) is 0 Å². The molecule has 1 aromatic heterocycles. The summed E-state index contributed by atoms with van der Waals surface area (Å²) in [4.78, 5) is 4.27. The van der Waals surface area contributed by atoms with Gasteiger partial charge < -0.3 is 0 Å². The van der Waals surface area contributed by atoms with Gasteiger partial charge in [0.25, 0.3) is 0 Å². The number of hydrogen-bond donors (Lipinski definition) is 0. The summed E-state index contributed by atoms with van der Waals surface area (Å²) >= 11 is 0. The van der Waals surface area contributed by atoms with Gasteiger partial charge in [-0.2, -0.15) is 4.57 Å². The quantitative estimate of drug-likeness (QED) is 0.519. The number of rotatable bonds is 1. The Morgan fingerprint density at radius 1 is 1.06 bits per heavy atom. The number of benzene rings is 1. The normalized spacial score (nSPS) is 27.6. The molecular weight excluding hydrogens is 208 g/mol. The molecule has 0 bridgehead atoms. The van der Waals surface area contributed by atoms with E-state index in [-0.39, 0.29) is 0 Å². The molecule has 3 unspecified atom stereocenters. The maximum atomic E-state index is 4.27. The first-order valence-corrected chi connectivity index (χ1v) is 5.97. The van der Waals surface area contributed by atoms with Gasteiger partial charge in [-0.15, -0.1) is 0 Å². The molecule has 2 heteroatoms. The van der Waals surface area contributed by atoms with E-state index in [0.29, 0.717) is 18.0 Å². The molecule has 1 aliphatic heterocycles. The van der Waals surface area contributed by atoms with Crippen molar-refractivity contribution in [2.75, 3.05) is 0 Å². The number of aromatic nitrogens is 1. The lowest BCUT2D eigenvalue weighted by molar-refractivity contribution is -0.693. The molecule has 1 saturated carbocycles. The molecule has 2 aromatic rings. The van der Waals surface area contributed by atoms with Crippen LogP contribution in [0.15, 0.2) is 53.7 Å². The minimum absolute atomic E-state index is 0.352. The summed E-state index contributed by atoms with van der Waals surface area (Å²) in [5.74, 6) is 0.531. The summed E-state index contributed by atoms with van der Waals surface area (Å²) in [7, 11) is 0. The van der Waals surface area contributed by atoms with Crippen LogP contribution in [0.4, 0.5) is 0 Å². The van der Waals surface area contributed by atoms with Crippen molar-refractivity contribution in [3.8, 4) is 11.3 Å². The van der Waals surface area contributed by atoms with Gasteiger partial charge in [0.15, 0.2) is 12.2 Å². The van der Waals surface area contributed by atoms with E-state index in [1.165, 1.54) is 16.8 Å². The Kier molecular flexibility index (Phi) is 1.63. The van der Waals surface area contributed by atoms with Crippen molar-refractivity contribution >= 4 is 6.72 Å². The van der Waals surface area contributed by atoms with Crippen molar-refractivity contribution in [3.05, 3.63) is 54.2 Å². The van der Waals surface area contributed by atoms with Crippen LogP contribution in [0.3, 0.4) is 0 Å². The maximum absolute atomic E-state index is 4.27. The highest BCUT2D eigenvalue weighted by Crippen LogP contribution is 2.55. The first-order valence-electron chi connectivity index (χ1n) is 5.97. The Bertz CT molecular complexity index is 566. The van der Waals surface area contributed by atoms with Gasteiger partial charge in [0.05, 0.1) is 5.92 Å². The van der Waals surface area contributed by atoms with Gasteiger partial charge in [-0.1, -0.05) is 18.2 Å². The lowest BCUT2D eigenvalue weighted by atomic mass is 9.97. The fourth-order valence-electron chi connectivity index (χ4n) is 3.17. The molecule has 0 N–H and O–H groups in total. The Morgan fingerprint density at radius 3 is 2.76 bits per heavy atom. The van der Waals surface area contributed by atoms with Gasteiger partial charge in [-0.05, 0) is 24.4 Å². The molecule has 0 spiro atoms. The largest absolute Gasteiger partial charge is 0.290 e. The van der Waals surface area contributed by atoms with Gasteiger partial charge in [0.2, 0.25) is 5.69 Å². The van der Waals surface area contributed by atoms with Gasteiger partial charge >= 0.3 is 0 Å². The highest BCUT2D eigenvalue weighted by molar-refractivity contribution is 5.65. The van der Waals surface area contributed by atoms with Crippen molar-refractivity contribution in [1.82, 2.24) is 0 Å². The summed E-state index contributed by atoms with van der Waals surface area (Å²) in [6.45, 7) is 3.73. The number of fused-ring (bicyclic) bond motifs is 6. The molecule has 0 radical (unpaired) electrons. The second kappa shape index (κ2) is 3.04. The monoisotopic (exact) mass is 221 g/mol. The summed E-state index contributed by atoms with van der Waals surface area (Å²) in [6.07, 6.45) is 2.16. The first kappa shape index (κ1) is 9.11. The molecule has 3 atom stereocenters. The fourth-order valence-corrected chi connectivity index (χ4v) is 3.17. The molecule has 82 valence electrons. The Hall–Kier alpha value is -1.96. The van der Waals surface area contributed by atoms with Crippen molar-refractivity contribution < 1.29 is 4.57 Å². The smallest absolute Gasteiger partial charge is 0.213 e. The van der Waals surface area contributed by atoms with E-state index in [4.69, 9.17) is 0 Å². The van der Waals surface area contributed by atoms with Gasteiger partial charge in [0, 0.05) is 17.7 Å². The summed E-state index contributed by atoms with van der Waals surface area (Å²) in [5.41, 5.74) is 4.08. The SMILES string of the molecule is C=NC1C2c3ccccc3-c3cccc[n+]3C12. The zero-order valence-corrected chi connectivity index (χ0v) is 9.45. The predicted octanol–water partition coefficient (Wildman–Crippen LogP) is 2.36. The number of aliphatic imine (C=N–C) groups is 1. The molecule has 17 heavy (non-hydrogen) atoms. The molecule has 1 fully saturated rings. The zero-order valence-electron chi connectivity index (χ0n) is 9.45. The molecule has 2 heterocycles. The average Bonchev–Trinajstić information content (AvgIpc) is 3.14. The van der Waals surface area contributed by atoms with Gasteiger partial charge in [-0.25, -0.2) is 0 Å². The summed E-state index contributed by atoms with van der Waals surface area (Å²) < 4.78 is 2.35. The second-order valence-corrected chi connectivity index (χ2v) is 4.77. The highest BCUT2D eigenvalue weighted by atomic mass is 15.1. The summed E-state index contributed by atoms with van der Waals surface area (Å²) in [6, 6.07) is 15.9. The predicted molar refractivity (Wildman–Crippen MR) is 67.2 cm³/mol. The van der Waals surface area contributed by atoms with Gasteiger partial charge in [0.1, 0.15) is 6.04 Å². The molecule has 4 rings (SSSR count). The standard InChI is InChI=1S/C15H13N2/c1-16-14-13-11-7-3-2-6-10(11)12-8-4-5-9-17(12)15(13)14/h2-9,13-15H,1H2/q+1. The first-order chi connectivity index (χ1) is 8.42. The minimum atomic E-state index is 0.352. The second-order valence-electron chi connectivity index (χ2n) is 4.77. The zero-order chi connectivity index (χ0) is 11.4. The van der Waals surface area contributed by atoms with Crippen LogP contribution in [0.25, 0.3) is 11.3 Å². The van der Waals surface area contributed by atoms with E-state index in [9.17, 15) is 0 Å². The third-order valence-electron chi connectivity index (χ3n) is 3.96. The molecule has 1 aliphatic carbocycles. The van der Waals surface area contributed by atoms with E-state index in [1.54, 1.807) is 0 Å². The molecule has 2 nitrogen and oxygen atoms in total. The maximum Gasteiger partial charge on any atom is 0.213 e. The lowest BCUT2D eigenvalue weighted by Crippen LogP contribution is -2.38. The van der Waals surface area contributed by atoms with Crippen LogP contribution >= 0.6 is 0 Å². The van der Waals surface area contributed by atoms with Crippen LogP contribution in [0.2, 0.25) is 0 Å². The number of nitrogens with zero attached hydrogens (tertiary/aromatic N) is 2. The molecule has 1 aromatic carbocycles. The van der Waals surface area contributed by atoms with Crippen molar-refractivity contribution in [2.24, 2.45) is 4.99 Å². The number of hydrogen-bond acceptors (Lipinski definition) is 1. The van der Waals surface area contributed by atoms with Gasteiger partial charge in [-0.3, -0.25) is 4.99 Å². The number of pyridine rings is 1. The summed E-state index contributed by atoms with van der Waals surface area (Å²) in [5, 5.41) is 0. The Balaban J connectivity index is 2.03. The minimum Gasteiger partial charge on any atom is -0.290 e. The van der Waals surface area contributed by atoms with Crippen molar-refractivity contribution in [1.29, 1.82) is 0 Å². The fraction of sp³-hybridized carbons (Fsp3) is 0.200. The third kappa shape index (κ3) is 1.05. The van der Waals surface area contributed by atoms with Crippen LogP contribution in [0.1, 0.15) is 17.5 Å². The van der Waals surface area contributed by atoms with E-state index >= 15 is 0 Å². The van der Waals surface area contributed by atoms with E-state index in [2.05, 4.69) is 64.9 Å². The third-order valence-corrected chi connectivity index (χ3v) is 3.96. The topological polar surface area (TPSA) is 16.2 Å². The van der Waals surface area contributed by atoms with Crippen LogP contribution < -0.4 is 4.57 Å². The van der Waals surface area contributed by atoms with Crippen LogP contribution in [-0.4, -0.2) is 12.8 Å². The Labute approximate surface area is 100 Å². The van der Waals surface area contributed by atoms with E-state index in [1.807, 2.05) is 0 Å². The highest BCUT2D eigenvalue weighted by Gasteiger charge is 2.62. The van der Waals surface area contributed by atoms with E-state index in [0.717, 1.165) is 0 Å². The molecule has 2 aliphatic rings.